The van der Waals surface area contributed by atoms with Crippen molar-refractivity contribution in [2.75, 3.05) is 0 Å². The van der Waals surface area contributed by atoms with E-state index in [9.17, 15) is 5.11 Å². The lowest BCUT2D eigenvalue weighted by Crippen LogP contribution is -2.12. The van der Waals surface area contributed by atoms with Crippen LogP contribution >= 0.6 is 11.6 Å². The smallest absolute Gasteiger partial charge is 0.0691 e. The number of rotatable bonds is 3. The zero-order valence-corrected chi connectivity index (χ0v) is 12.0. The molecule has 0 aliphatic carbocycles. The normalized spacial score (nSPS) is 12.8. The van der Waals surface area contributed by atoms with Crippen LogP contribution in [0.15, 0.2) is 54.6 Å². The highest BCUT2D eigenvalue weighted by Crippen LogP contribution is 2.30. The lowest BCUT2D eigenvalue weighted by atomic mass is 10.1. The fourth-order valence-electron chi connectivity index (χ4n) is 2.55. The number of halogens is 1. The van der Waals surface area contributed by atoms with E-state index in [1.54, 1.807) is 6.92 Å². The van der Waals surface area contributed by atoms with Gasteiger partial charge in [-0.05, 0) is 36.8 Å². The predicted molar refractivity (Wildman–Crippen MR) is 84.1 cm³/mol. The van der Waals surface area contributed by atoms with E-state index in [0.717, 1.165) is 27.2 Å². The van der Waals surface area contributed by atoms with Crippen molar-refractivity contribution < 1.29 is 5.11 Å². The Morgan fingerprint density at radius 1 is 1.10 bits per heavy atom. The van der Waals surface area contributed by atoms with Crippen LogP contribution < -0.4 is 0 Å². The first-order valence-electron chi connectivity index (χ1n) is 6.67. The van der Waals surface area contributed by atoms with Crippen LogP contribution in [0.1, 0.15) is 6.92 Å². The van der Waals surface area contributed by atoms with E-state index in [1.165, 1.54) is 0 Å². The number of nitrogens with zero attached hydrogens (tertiary/aromatic N) is 1. The Labute approximate surface area is 123 Å². The van der Waals surface area contributed by atoms with E-state index in [2.05, 4.69) is 22.8 Å². The van der Waals surface area contributed by atoms with Crippen LogP contribution in [0.5, 0.6) is 0 Å². The van der Waals surface area contributed by atoms with Gasteiger partial charge in [-0.25, -0.2) is 0 Å². The summed E-state index contributed by atoms with van der Waals surface area (Å²) in [5.41, 5.74) is 3.33. The maximum absolute atomic E-state index is 9.76. The third kappa shape index (κ3) is 2.45. The average molecular weight is 286 g/mol. The van der Waals surface area contributed by atoms with Gasteiger partial charge in [0.1, 0.15) is 0 Å². The number of aromatic nitrogens is 1. The molecule has 0 spiro atoms. The molecule has 20 heavy (non-hydrogen) atoms. The van der Waals surface area contributed by atoms with Gasteiger partial charge in [-0.15, -0.1) is 0 Å². The minimum Gasteiger partial charge on any atom is -0.392 e. The van der Waals surface area contributed by atoms with Crippen molar-refractivity contribution >= 4 is 22.5 Å². The van der Waals surface area contributed by atoms with E-state index in [-0.39, 0.29) is 0 Å². The van der Waals surface area contributed by atoms with Crippen LogP contribution in [-0.4, -0.2) is 15.8 Å². The molecule has 102 valence electrons. The molecule has 0 saturated carbocycles. The molecule has 0 saturated heterocycles. The van der Waals surface area contributed by atoms with Gasteiger partial charge in [0, 0.05) is 28.2 Å². The zero-order valence-electron chi connectivity index (χ0n) is 11.3. The summed E-state index contributed by atoms with van der Waals surface area (Å²) in [6, 6.07) is 18.2. The molecule has 0 bridgehead atoms. The lowest BCUT2D eigenvalue weighted by molar-refractivity contribution is 0.176. The molecule has 1 aromatic heterocycles. The molecule has 2 nitrogen and oxygen atoms in total. The summed E-state index contributed by atoms with van der Waals surface area (Å²) < 4.78 is 2.14. The van der Waals surface area contributed by atoms with E-state index < -0.39 is 6.10 Å². The Balaban J connectivity index is 2.24. The molecule has 3 heteroatoms. The number of fused-ring (bicyclic) bond motifs is 1. The van der Waals surface area contributed by atoms with E-state index >= 15 is 0 Å². The van der Waals surface area contributed by atoms with Gasteiger partial charge >= 0.3 is 0 Å². The largest absolute Gasteiger partial charge is 0.392 e. The standard InChI is InChI=1S/C17H16ClNO/c1-12(20)11-19-16-8-7-15(18)9-14(16)10-17(19)13-5-3-2-4-6-13/h2-10,12,20H,11H2,1H3. The lowest BCUT2D eigenvalue weighted by Gasteiger charge is -2.13. The van der Waals surface area contributed by atoms with Crippen LogP contribution in [0.25, 0.3) is 22.2 Å². The topological polar surface area (TPSA) is 25.2 Å². The SMILES string of the molecule is CC(O)Cn1c(-c2ccccc2)cc2cc(Cl)ccc21. The van der Waals surface area contributed by atoms with Gasteiger partial charge in [0.2, 0.25) is 0 Å². The molecule has 0 radical (unpaired) electrons. The molecule has 1 heterocycles. The third-order valence-corrected chi connectivity index (χ3v) is 3.61. The highest BCUT2D eigenvalue weighted by molar-refractivity contribution is 6.31. The summed E-state index contributed by atoms with van der Waals surface area (Å²) in [6.45, 7) is 2.37. The van der Waals surface area contributed by atoms with Gasteiger partial charge in [0.25, 0.3) is 0 Å². The summed E-state index contributed by atoms with van der Waals surface area (Å²) >= 11 is 6.07. The van der Waals surface area contributed by atoms with Gasteiger partial charge in [0.05, 0.1) is 6.10 Å². The second kappa shape index (κ2) is 5.31. The Kier molecular flexibility index (Phi) is 3.51. The van der Waals surface area contributed by atoms with E-state index in [1.807, 2.05) is 36.4 Å². The van der Waals surface area contributed by atoms with Gasteiger partial charge in [-0.1, -0.05) is 41.9 Å². The highest BCUT2D eigenvalue weighted by Gasteiger charge is 2.12. The molecular weight excluding hydrogens is 270 g/mol. The molecule has 1 unspecified atom stereocenters. The van der Waals surface area contributed by atoms with E-state index in [4.69, 9.17) is 11.6 Å². The van der Waals surface area contributed by atoms with Crippen LogP contribution in [0, 0.1) is 0 Å². The number of benzene rings is 2. The molecule has 1 atom stereocenters. The van der Waals surface area contributed by atoms with Gasteiger partial charge in [-0.2, -0.15) is 0 Å². The summed E-state index contributed by atoms with van der Waals surface area (Å²) in [6.07, 6.45) is -0.399. The van der Waals surface area contributed by atoms with Gasteiger partial charge in [0.15, 0.2) is 0 Å². The Morgan fingerprint density at radius 3 is 2.55 bits per heavy atom. The minimum absolute atomic E-state index is 0.399. The molecule has 0 amide bonds. The second-order valence-electron chi connectivity index (χ2n) is 5.06. The van der Waals surface area contributed by atoms with Crippen molar-refractivity contribution in [1.82, 2.24) is 4.57 Å². The number of aliphatic hydroxyl groups is 1. The van der Waals surface area contributed by atoms with Crippen LogP contribution in [0.4, 0.5) is 0 Å². The first-order valence-corrected chi connectivity index (χ1v) is 7.05. The van der Waals surface area contributed by atoms with Crippen LogP contribution in [-0.2, 0) is 6.54 Å². The monoisotopic (exact) mass is 285 g/mol. The van der Waals surface area contributed by atoms with Gasteiger partial charge < -0.3 is 9.67 Å². The minimum atomic E-state index is -0.399. The maximum atomic E-state index is 9.76. The van der Waals surface area contributed by atoms with Gasteiger partial charge in [-0.3, -0.25) is 0 Å². The van der Waals surface area contributed by atoms with Crippen molar-refractivity contribution in [3.05, 3.63) is 59.6 Å². The fraction of sp³-hybridized carbons (Fsp3) is 0.176. The highest BCUT2D eigenvalue weighted by atomic mass is 35.5. The van der Waals surface area contributed by atoms with Crippen LogP contribution in [0.2, 0.25) is 5.02 Å². The van der Waals surface area contributed by atoms with Crippen molar-refractivity contribution in [3.63, 3.8) is 0 Å². The first-order chi connectivity index (χ1) is 9.65. The number of aliphatic hydroxyl groups excluding tert-OH is 1. The second-order valence-corrected chi connectivity index (χ2v) is 5.49. The Hall–Kier alpha value is -1.77. The summed E-state index contributed by atoms with van der Waals surface area (Å²) in [5, 5.41) is 11.6. The molecular formula is C17H16ClNO. The Morgan fingerprint density at radius 2 is 1.85 bits per heavy atom. The maximum Gasteiger partial charge on any atom is 0.0691 e. The molecule has 0 fully saturated rings. The van der Waals surface area contributed by atoms with Crippen LogP contribution in [0.3, 0.4) is 0 Å². The van der Waals surface area contributed by atoms with Crippen molar-refractivity contribution in [2.45, 2.75) is 19.6 Å². The molecule has 2 aromatic carbocycles. The summed E-state index contributed by atoms with van der Waals surface area (Å²) in [5.74, 6) is 0. The molecule has 0 aliphatic rings. The summed E-state index contributed by atoms with van der Waals surface area (Å²) in [4.78, 5) is 0. The van der Waals surface area contributed by atoms with Crippen molar-refractivity contribution in [1.29, 1.82) is 0 Å². The summed E-state index contributed by atoms with van der Waals surface area (Å²) in [7, 11) is 0. The molecule has 1 N–H and O–H groups in total. The molecule has 0 aliphatic heterocycles. The third-order valence-electron chi connectivity index (χ3n) is 3.38. The molecule has 3 rings (SSSR count). The zero-order chi connectivity index (χ0) is 14.1. The van der Waals surface area contributed by atoms with E-state index in [0.29, 0.717) is 6.54 Å². The fourth-order valence-corrected chi connectivity index (χ4v) is 2.73. The Bertz CT molecular complexity index is 731. The first kappa shape index (κ1) is 13.2. The van der Waals surface area contributed by atoms with Crippen molar-refractivity contribution in [2.24, 2.45) is 0 Å². The number of hydrogen-bond donors (Lipinski definition) is 1. The van der Waals surface area contributed by atoms with Crippen molar-refractivity contribution in [3.8, 4) is 11.3 Å². The number of hydrogen-bond acceptors (Lipinski definition) is 1. The quantitative estimate of drug-likeness (QED) is 0.761. The average Bonchev–Trinajstić information content (AvgIpc) is 2.77. The predicted octanol–water partition coefficient (Wildman–Crippen LogP) is 4.34. The molecule has 3 aromatic rings.